The first kappa shape index (κ1) is 8.08. The molecule has 1 aromatic carbocycles. The van der Waals surface area contributed by atoms with Crippen LogP contribution in [0.3, 0.4) is 0 Å². The van der Waals surface area contributed by atoms with E-state index < -0.39 is 0 Å². The molecule has 0 fully saturated rings. The lowest BCUT2D eigenvalue weighted by atomic mass is 10.1. The van der Waals surface area contributed by atoms with Gasteiger partial charge in [-0.25, -0.2) is 0 Å². The molecule has 0 saturated carbocycles. The second kappa shape index (κ2) is 3.46. The van der Waals surface area contributed by atoms with Gasteiger partial charge in [0.1, 0.15) is 0 Å². The first-order chi connectivity index (χ1) is 6.40. The van der Waals surface area contributed by atoms with Crippen molar-refractivity contribution in [2.24, 2.45) is 0 Å². The third-order valence-electron chi connectivity index (χ3n) is 1.99. The third-order valence-corrected chi connectivity index (χ3v) is 1.99. The van der Waals surface area contributed by atoms with Crippen molar-refractivity contribution in [2.75, 3.05) is 6.61 Å². The van der Waals surface area contributed by atoms with Crippen molar-refractivity contribution in [2.45, 2.75) is 0 Å². The van der Waals surface area contributed by atoms with E-state index in [2.05, 4.69) is 17.1 Å². The van der Waals surface area contributed by atoms with Gasteiger partial charge >= 0.3 is 0 Å². The van der Waals surface area contributed by atoms with E-state index >= 15 is 0 Å². The molecule has 13 heavy (non-hydrogen) atoms. The molecule has 2 nitrogen and oxygen atoms in total. The Morgan fingerprint density at radius 1 is 1.31 bits per heavy atom. The highest BCUT2D eigenvalue weighted by Crippen LogP contribution is 2.14. The maximum Gasteiger partial charge on any atom is 0.0615 e. The number of aliphatic hydroxyl groups is 1. The molecular formula is C11H11NO. The minimum absolute atomic E-state index is 0.0861. The number of nitrogens with one attached hydrogen (secondary N) is 1. The molecule has 0 aliphatic heterocycles. The summed E-state index contributed by atoms with van der Waals surface area (Å²) in [6.07, 6.45) is 5.55. The van der Waals surface area contributed by atoms with Gasteiger partial charge < -0.3 is 10.1 Å². The summed E-state index contributed by atoms with van der Waals surface area (Å²) < 4.78 is 0. The van der Waals surface area contributed by atoms with E-state index in [0.29, 0.717) is 0 Å². The third kappa shape index (κ3) is 1.63. The lowest BCUT2D eigenvalue weighted by Crippen LogP contribution is -1.75. The van der Waals surface area contributed by atoms with Crippen molar-refractivity contribution < 1.29 is 5.11 Å². The fourth-order valence-corrected chi connectivity index (χ4v) is 1.36. The number of aromatic nitrogens is 1. The van der Waals surface area contributed by atoms with Crippen LogP contribution in [0.15, 0.2) is 36.5 Å². The highest BCUT2D eigenvalue weighted by Gasteiger charge is 1.93. The second-order valence-electron chi connectivity index (χ2n) is 2.91. The van der Waals surface area contributed by atoms with Gasteiger partial charge in [0, 0.05) is 11.7 Å². The van der Waals surface area contributed by atoms with Crippen LogP contribution in [0.25, 0.3) is 17.0 Å². The monoisotopic (exact) mass is 173 g/mol. The molecule has 1 heterocycles. The molecule has 0 spiro atoms. The van der Waals surface area contributed by atoms with Gasteiger partial charge in [0.05, 0.1) is 6.61 Å². The maximum atomic E-state index is 8.61. The molecule has 0 unspecified atom stereocenters. The maximum absolute atomic E-state index is 8.61. The zero-order valence-electron chi connectivity index (χ0n) is 7.20. The first-order valence-corrected chi connectivity index (χ1v) is 4.25. The topological polar surface area (TPSA) is 36.0 Å². The van der Waals surface area contributed by atoms with Crippen LogP contribution in [-0.2, 0) is 0 Å². The molecule has 0 amide bonds. The Kier molecular flexibility index (Phi) is 2.15. The number of hydrogen-bond donors (Lipinski definition) is 2. The smallest absolute Gasteiger partial charge is 0.0615 e. The molecule has 2 heteroatoms. The number of aliphatic hydroxyl groups excluding tert-OH is 1. The molecule has 0 saturated heterocycles. The first-order valence-electron chi connectivity index (χ1n) is 4.25. The molecule has 0 aliphatic carbocycles. The van der Waals surface area contributed by atoms with E-state index in [4.69, 9.17) is 5.11 Å². The van der Waals surface area contributed by atoms with Crippen molar-refractivity contribution in [3.8, 4) is 0 Å². The van der Waals surface area contributed by atoms with Crippen LogP contribution in [0.2, 0.25) is 0 Å². The number of hydrogen-bond acceptors (Lipinski definition) is 1. The van der Waals surface area contributed by atoms with Gasteiger partial charge in [-0.1, -0.05) is 24.3 Å². The quantitative estimate of drug-likeness (QED) is 0.717. The minimum atomic E-state index is 0.0861. The average Bonchev–Trinajstić information content (AvgIpc) is 2.61. The van der Waals surface area contributed by atoms with Crippen LogP contribution in [-0.4, -0.2) is 16.7 Å². The Bertz CT molecular complexity index is 428. The summed E-state index contributed by atoms with van der Waals surface area (Å²) in [5, 5.41) is 9.82. The number of H-pyrrole nitrogens is 1. The highest BCUT2D eigenvalue weighted by molar-refractivity contribution is 5.81. The lowest BCUT2D eigenvalue weighted by Gasteiger charge is -1.93. The van der Waals surface area contributed by atoms with Crippen molar-refractivity contribution in [3.05, 3.63) is 42.1 Å². The van der Waals surface area contributed by atoms with E-state index in [1.165, 1.54) is 5.39 Å². The average molecular weight is 173 g/mol. The zero-order chi connectivity index (χ0) is 9.10. The van der Waals surface area contributed by atoms with Gasteiger partial charge in [0.25, 0.3) is 0 Å². The predicted molar refractivity (Wildman–Crippen MR) is 54.4 cm³/mol. The lowest BCUT2D eigenvalue weighted by molar-refractivity contribution is 0.343. The Morgan fingerprint density at radius 3 is 3.08 bits per heavy atom. The number of rotatable bonds is 2. The fourth-order valence-electron chi connectivity index (χ4n) is 1.36. The molecule has 66 valence electrons. The van der Waals surface area contributed by atoms with E-state index in [1.54, 1.807) is 6.08 Å². The highest BCUT2D eigenvalue weighted by atomic mass is 16.2. The summed E-state index contributed by atoms with van der Waals surface area (Å²) >= 11 is 0. The van der Waals surface area contributed by atoms with E-state index in [0.717, 1.165) is 11.1 Å². The standard InChI is InChI=1S/C11H11NO/c13-7-1-2-9-3-4-10-5-6-12-11(10)8-9/h1-6,8,12-13H,7H2/b2-1+. The fraction of sp³-hybridized carbons (Fsp3) is 0.0909. The zero-order valence-corrected chi connectivity index (χ0v) is 7.20. The van der Waals surface area contributed by atoms with Crippen LogP contribution < -0.4 is 0 Å². The molecule has 0 radical (unpaired) electrons. The Labute approximate surface area is 76.5 Å². The van der Waals surface area contributed by atoms with Crippen LogP contribution >= 0.6 is 0 Å². The second-order valence-corrected chi connectivity index (χ2v) is 2.91. The van der Waals surface area contributed by atoms with Gasteiger partial charge in [-0.05, 0) is 23.1 Å². The van der Waals surface area contributed by atoms with Gasteiger partial charge in [-0.2, -0.15) is 0 Å². The van der Waals surface area contributed by atoms with Crippen LogP contribution in [0.4, 0.5) is 0 Å². The van der Waals surface area contributed by atoms with Crippen molar-refractivity contribution in [1.29, 1.82) is 0 Å². The van der Waals surface area contributed by atoms with Gasteiger partial charge in [0.15, 0.2) is 0 Å². The van der Waals surface area contributed by atoms with Crippen LogP contribution in [0, 0.1) is 0 Å². The Balaban J connectivity index is 2.42. The molecule has 0 aliphatic rings. The van der Waals surface area contributed by atoms with Gasteiger partial charge in [-0.15, -0.1) is 0 Å². The van der Waals surface area contributed by atoms with Crippen molar-refractivity contribution in [1.82, 2.24) is 4.98 Å². The number of fused-ring (bicyclic) bond motifs is 1. The minimum Gasteiger partial charge on any atom is -0.392 e. The molecule has 0 bridgehead atoms. The summed E-state index contributed by atoms with van der Waals surface area (Å²) in [6.45, 7) is 0.0861. The molecule has 1 aromatic heterocycles. The number of aromatic amines is 1. The Morgan fingerprint density at radius 2 is 2.23 bits per heavy atom. The summed E-state index contributed by atoms with van der Waals surface area (Å²) in [5.41, 5.74) is 2.23. The van der Waals surface area contributed by atoms with E-state index in [-0.39, 0.29) is 6.61 Å². The molecule has 2 N–H and O–H groups in total. The number of benzene rings is 1. The summed E-state index contributed by atoms with van der Waals surface area (Å²) in [4.78, 5) is 3.14. The van der Waals surface area contributed by atoms with Crippen molar-refractivity contribution >= 4 is 17.0 Å². The van der Waals surface area contributed by atoms with E-state index in [1.807, 2.05) is 24.4 Å². The SMILES string of the molecule is OC/C=C/c1ccc2cc[nH]c2c1. The Hall–Kier alpha value is -1.54. The normalized spacial score (nSPS) is 11.5. The molecule has 2 aromatic rings. The van der Waals surface area contributed by atoms with Crippen molar-refractivity contribution in [3.63, 3.8) is 0 Å². The summed E-state index contributed by atoms with van der Waals surface area (Å²) in [5.74, 6) is 0. The summed E-state index contributed by atoms with van der Waals surface area (Å²) in [6, 6.07) is 8.18. The largest absolute Gasteiger partial charge is 0.392 e. The predicted octanol–water partition coefficient (Wildman–Crippen LogP) is 2.17. The molecule has 0 atom stereocenters. The molecule has 2 rings (SSSR count). The van der Waals surface area contributed by atoms with Crippen LogP contribution in [0.5, 0.6) is 0 Å². The van der Waals surface area contributed by atoms with Gasteiger partial charge in [0.2, 0.25) is 0 Å². The van der Waals surface area contributed by atoms with Gasteiger partial charge in [-0.3, -0.25) is 0 Å². The molecular weight excluding hydrogens is 162 g/mol. The van der Waals surface area contributed by atoms with E-state index in [9.17, 15) is 0 Å². The van der Waals surface area contributed by atoms with Crippen LogP contribution in [0.1, 0.15) is 5.56 Å². The summed E-state index contributed by atoms with van der Waals surface area (Å²) in [7, 11) is 0.